The van der Waals surface area contributed by atoms with E-state index in [0.29, 0.717) is 40.7 Å². The number of aliphatic imine (C=N–C) groups is 1. The predicted octanol–water partition coefficient (Wildman–Crippen LogP) is 5.40. The van der Waals surface area contributed by atoms with Crippen molar-refractivity contribution in [1.82, 2.24) is 4.90 Å². The first-order valence-corrected chi connectivity index (χ1v) is 15.7. The van der Waals surface area contributed by atoms with Gasteiger partial charge in [0, 0.05) is 37.4 Å². The Morgan fingerprint density at radius 3 is 2.67 bits per heavy atom. The molecule has 0 aliphatic carbocycles. The lowest BCUT2D eigenvalue weighted by atomic mass is 9.97. The first kappa shape index (κ1) is 30.3. The number of fused-ring (bicyclic) bond motifs is 2. The van der Waals surface area contributed by atoms with Crippen molar-refractivity contribution in [3.05, 3.63) is 93.2 Å². The number of aliphatic carboxylic acids is 1. The van der Waals surface area contributed by atoms with Gasteiger partial charge in [0.1, 0.15) is 11.6 Å². The summed E-state index contributed by atoms with van der Waals surface area (Å²) in [6, 6.07) is 12.8. The molecule has 222 valence electrons. The SMILES string of the molecule is CS(=O)(=O)c1cccc(C[C@@H](C(=O)O)N(C=O)c2c(Cl)cc3c(c2Cl)CCN(C(=O)N=Cc2ccc4ccoc4c2)C3)c1. The van der Waals surface area contributed by atoms with Gasteiger partial charge < -0.3 is 14.4 Å². The molecule has 0 unspecified atom stereocenters. The number of nitrogens with zero attached hydrogens (tertiary/aromatic N) is 3. The number of carboxylic acid groups (broad SMARTS) is 1. The Labute approximate surface area is 257 Å². The van der Waals surface area contributed by atoms with Crippen molar-refractivity contribution >= 4 is 74.3 Å². The zero-order chi connectivity index (χ0) is 30.9. The Kier molecular flexibility index (Phi) is 8.59. The molecule has 0 bridgehead atoms. The van der Waals surface area contributed by atoms with Crippen LogP contribution < -0.4 is 4.90 Å². The second kappa shape index (κ2) is 12.2. The van der Waals surface area contributed by atoms with Crippen LogP contribution in [0.3, 0.4) is 0 Å². The van der Waals surface area contributed by atoms with Gasteiger partial charge in [-0.15, -0.1) is 0 Å². The fourth-order valence-corrected chi connectivity index (χ4v) is 6.49. The number of carbonyl (C=O) groups is 3. The molecule has 1 aliphatic heterocycles. The Morgan fingerprint density at radius 1 is 1.16 bits per heavy atom. The van der Waals surface area contributed by atoms with Gasteiger partial charge in [-0.25, -0.2) is 23.0 Å². The van der Waals surface area contributed by atoms with Gasteiger partial charge in [-0.05, 0) is 59.0 Å². The fraction of sp³-hybridized carbons (Fsp3) is 0.200. The zero-order valence-corrected chi connectivity index (χ0v) is 25.1. The van der Waals surface area contributed by atoms with Crippen LogP contribution in [0, 0.1) is 0 Å². The number of carbonyl (C=O) groups excluding carboxylic acids is 2. The van der Waals surface area contributed by atoms with Gasteiger partial charge in [0.2, 0.25) is 6.41 Å². The number of furan rings is 1. The number of amides is 3. The maximum absolute atomic E-state index is 12.9. The van der Waals surface area contributed by atoms with E-state index in [-0.39, 0.29) is 40.1 Å². The summed E-state index contributed by atoms with van der Waals surface area (Å²) >= 11 is 13.3. The van der Waals surface area contributed by atoms with Crippen LogP contribution in [0.2, 0.25) is 10.0 Å². The molecule has 2 heterocycles. The lowest BCUT2D eigenvalue weighted by molar-refractivity contribution is -0.139. The number of urea groups is 1. The second-order valence-electron chi connectivity index (χ2n) is 10.1. The minimum absolute atomic E-state index is 0.0230. The molecule has 0 saturated carbocycles. The first-order chi connectivity index (χ1) is 20.5. The maximum Gasteiger partial charge on any atom is 0.343 e. The Balaban J connectivity index is 1.38. The van der Waals surface area contributed by atoms with E-state index < -0.39 is 27.9 Å². The van der Waals surface area contributed by atoms with Crippen molar-refractivity contribution in [1.29, 1.82) is 0 Å². The minimum Gasteiger partial charge on any atom is -0.480 e. The number of carboxylic acids is 1. The second-order valence-corrected chi connectivity index (χ2v) is 12.9. The van der Waals surface area contributed by atoms with Crippen LogP contribution in [0.25, 0.3) is 11.0 Å². The number of benzene rings is 3. The maximum atomic E-state index is 12.9. The summed E-state index contributed by atoms with van der Waals surface area (Å²) in [6.07, 6.45) is 4.55. The average Bonchev–Trinajstić information content (AvgIpc) is 3.44. The van der Waals surface area contributed by atoms with E-state index in [1.54, 1.807) is 24.5 Å². The minimum atomic E-state index is -3.53. The molecule has 1 aliphatic rings. The van der Waals surface area contributed by atoms with E-state index in [1.165, 1.54) is 29.3 Å². The van der Waals surface area contributed by atoms with Crippen molar-refractivity contribution in [2.75, 3.05) is 17.7 Å². The summed E-state index contributed by atoms with van der Waals surface area (Å²) in [4.78, 5) is 44.1. The van der Waals surface area contributed by atoms with Crippen molar-refractivity contribution in [3.8, 4) is 0 Å². The molecule has 3 aromatic carbocycles. The molecule has 0 radical (unpaired) electrons. The van der Waals surface area contributed by atoms with Crippen LogP contribution in [-0.2, 0) is 38.8 Å². The summed E-state index contributed by atoms with van der Waals surface area (Å²) < 4.78 is 29.4. The largest absolute Gasteiger partial charge is 0.480 e. The molecule has 1 N–H and O–H groups in total. The standard InChI is InChI=1S/C30H25Cl2N3O7S/c1-43(40,41)22-4-2-3-18(11-22)12-25(29(37)38)35(17-36)28-24(31)14-21-16-34(9-7-23(21)27(28)32)30(39)33-15-19-5-6-20-8-10-42-26(20)13-19/h2-6,8,10-11,13-15,17,25H,7,9,12,16H2,1H3,(H,37,38)/t25-/m0/s1. The molecule has 43 heavy (non-hydrogen) atoms. The third-order valence-corrected chi connectivity index (χ3v) is 9.01. The van der Waals surface area contributed by atoms with Gasteiger partial charge in [-0.1, -0.05) is 47.5 Å². The highest BCUT2D eigenvalue weighted by atomic mass is 35.5. The van der Waals surface area contributed by atoms with Crippen molar-refractivity contribution in [3.63, 3.8) is 0 Å². The summed E-state index contributed by atoms with van der Waals surface area (Å²) in [7, 11) is -3.53. The van der Waals surface area contributed by atoms with Crippen molar-refractivity contribution < 1.29 is 32.3 Å². The van der Waals surface area contributed by atoms with Crippen molar-refractivity contribution in [2.45, 2.75) is 30.3 Å². The molecule has 3 amide bonds. The Morgan fingerprint density at radius 2 is 1.95 bits per heavy atom. The lowest BCUT2D eigenvalue weighted by Crippen LogP contribution is -2.43. The average molecular weight is 643 g/mol. The fourth-order valence-electron chi connectivity index (χ4n) is 5.02. The number of halogens is 2. The topological polar surface area (TPSA) is 138 Å². The number of rotatable bonds is 8. The third-order valence-electron chi connectivity index (χ3n) is 7.20. The highest BCUT2D eigenvalue weighted by Crippen LogP contribution is 2.41. The van der Waals surface area contributed by atoms with Crippen LogP contribution in [0.5, 0.6) is 0 Å². The predicted molar refractivity (Wildman–Crippen MR) is 163 cm³/mol. The number of anilines is 1. The van der Waals surface area contributed by atoms with Gasteiger partial charge in [-0.3, -0.25) is 9.69 Å². The van der Waals surface area contributed by atoms with Crippen LogP contribution in [-0.4, -0.2) is 61.9 Å². The van der Waals surface area contributed by atoms with E-state index in [9.17, 15) is 27.9 Å². The quantitative estimate of drug-likeness (QED) is 0.201. The molecule has 0 saturated heterocycles. The lowest BCUT2D eigenvalue weighted by Gasteiger charge is -2.32. The van der Waals surface area contributed by atoms with Gasteiger partial charge in [-0.2, -0.15) is 0 Å². The highest BCUT2D eigenvalue weighted by Gasteiger charge is 2.32. The van der Waals surface area contributed by atoms with Crippen molar-refractivity contribution in [2.24, 2.45) is 4.99 Å². The third kappa shape index (κ3) is 6.43. The van der Waals surface area contributed by atoms with Crippen LogP contribution in [0.1, 0.15) is 22.3 Å². The number of hydrogen-bond donors (Lipinski definition) is 1. The molecule has 0 spiro atoms. The molecule has 13 heteroatoms. The van der Waals surface area contributed by atoms with Gasteiger partial charge in [0.25, 0.3) is 0 Å². The van der Waals surface area contributed by atoms with Crippen LogP contribution in [0.15, 0.2) is 75.2 Å². The summed E-state index contributed by atoms with van der Waals surface area (Å²) in [6.45, 7) is 0.438. The molecule has 10 nitrogen and oxygen atoms in total. The highest BCUT2D eigenvalue weighted by molar-refractivity contribution is 7.90. The normalized spacial score (nSPS) is 14.1. The number of sulfone groups is 1. The summed E-state index contributed by atoms with van der Waals surface area (Å²) in [5, 5.41) is 11.1. The molecule has 1 atom stereocenters. The molecule has 4 aromatic rings. The van der Waals surface area contributed by atoms with Crippen LogP contribution in [0.4, 0.5) is 10.5 Å². The smallest absolute Gasteiger partial charge is 0.343 e. The van der Waals surface area contributed by atoms with E-state index in [4.69, 9.17) is 27.6 Å². The molecular formula is C30H25Cl2N3O7S. The van der Waals surface area contributed by atoms with E-state index in [2.05, 4.69) is 4.99 Å². The molecule has 5 rings (SSSR count). The number of hydrogen-bond acceptors (Lipinski definition) is 6. The van der Waals surface area contributed by atoms with E-state index in [0.717, 1.165) is 16.5 Å². The zero-order valence-electron chi connectivity index (χ0n) is 22.7. The molecule has 0 fully saturated rings. The van der Waals surface area contributed by atoms with Crippen LogP contribution >= 0.6 is 23.2 Å². The first-order valence-electron chi connectivity index (χ1n) is 13.0. The molecular weight excluding hydrogens is 617 g/mol. The molecule has 1 aromatic heterocycles. The Bertz CT molecular complexity index is 1890. The Hall–Kier alpha value is -4.19. The van der Waals surface area contributed by atoms with Gasteiger partial charge in [0.05, 0.1) is 26.9 Å². The van der Waals surface area contributed by atoms with Gasteiger partial charge >= 0.3 is 12.0 Å². The monoisotopic (exact) mass is 641 g/mol. The van der Waals surface area contributed by atoms with E-state index in [1.807, 2.05) is 18.2 Å². The van der Waals surface area contributed by atoms with E-state index >= 15 is 0 Å². The summed E-state index contributed by atoms with van der Waals surface area (Å²) in [5.74, 6) is -1.33. The summed E-state index contributed by atoms with van der Waals surface area (Å²) in [5.41, 5.74) is 3.08. The van der Waals surface area contributed by atoms with Gasteiger partial charge in [0.15, 0.2) is 9.84 Å².